The number of hydrogen-bond acceptors (Lipinski definition) is 3. The third-order valence-corrected chi connectivity index (χ3v) is 3.20. The van der Waals surface area contributed by atoms with Crippen LogP contribution in [0.4, 0.5) is 0 Å². The first kappa shape index (κ1) is 11.0. The molecule has 1 amide bonds. The molecule has 1 N–H and O–H groups in total. The van der Waals surface area contributed by atoms with E-state index >= 15 is 0 Å². The molecule has 0 radical (unpaired) electrons. The number of carbonyl (C=O) groups excluding carboxylic acids is 1. The van der Waals surface area contributed by atoms with Crippen molar-refractivity contribution in [3.63, 3.8) is 0 Å². The molecule has 0 fully saturated rings. The van der Waals surface area contributed by atoms with Gasteiger partial charge in [-0.1, -0.05) is 0 Å². The van der Waals surface area contributed by atoms with Gasteiger partial charge in [-0.05, 0) is 31.2 Å². The van der Waals surface area contributed by atoms with Crippen molar-refractivity contribution in [2.45, 2.75) is 13.3 Å². The average Bonchev–Trinajstić information content (AvgIpc) is 2.89. The summed E-state index contributed by atoms with van der Waals surface area (Å²) in [5.74, 6) is 0.882. The highest BCUT2D eigenvalue weighted by molar-refractivity contribution is 7.13. The molecule has 0 unspecified atom stereocenters. The van der Waals surface area contributed by atoms with Gasteiger partial charge in [-0.15, -0.1) is 11.3 Å². The van der Waals surface area contributed by atoms with Gasteiger partial charge in [0.25, 0.3) is 5.91 Å². The molecular formula is C12H13NO2S. The van der Waals surface area contributed by atoms with E-state index in [9.17, 15) is 4.79 Å². The van der Waals surface area contributed by atoms with Gasteiger partial charge < -0.3 is 9.73 Å². The molecule has 0 bridgehead atoms. The van der Waals surface area contributed by atoms with Crippen LogP contribution in [0.5, 0.6) is 0 Å². The van der Waals surface area contributed by atoms with Gasteiger partial charge in [-0.25, -0.2) is 0 Å². The quantitative estimate of drug-likeness (QED) is 0.885. The third-order valence-electron chi connectivity index (χ3n) is 2.20. The highest BCUT2D eigenvalue weighted by Gasteiger charge is 2.07. The molecule has 0 saturated carbocycles. The van der Waals surface area contributed by atoms with E-state index in [4.69, 9.17) is 4.42 Å². The van der Waals surface area contributed by atoms with E-state index in [2.05, 4.69) is 5.32 Å². The lowest BCUT2D eigenvalue weighted by atomic mass is 10.3. The van der Waals surface area contributed by atoms with Gasteiger partial charge >= 0.3 is 0 Å². The Labute approximate surface area is 98.1 Å². The molecular weight excluding hydrogens is 222 g/mol. The molecule has 0 aliphatic rings. The molecule has 16 heavy (non-hydrogen) atoms. The second-order valence-electron chi connectivity index (χ2n) is 3.50. The van der Waals surface area contributed by atoms with Crippen LogP contribution in [0, 0.1) is 6.92 Å². The molecule has 2 heterocycles. The van der Waals surface area contributed by atoms with Crippen molar-refractivity contribution in [1.29, 1.82) is 0 Å². The van der Waals surface area contributed by atoms with Crippen LogP contribution in [0.3, 0.4) is 0 Å². The molecule has 84 valence electrons. The molecule has 0 atom stereocenters. The van der Waals surface area contributed by atoms with Gasteiger partial charge in [-0.2, -0.15) is 0 Å². The van der Waals surface area contributed by atoms with Gasteiger partial charge in [0.1, 0.15) is 5.76 Å². The molecule has 0 aliphatic heterocycles. The second-order valence-corrected chi connectivity index (χ2v) is 4.78. The Morgan fingerprint density at radius 2 is 2.31 bits per heavy atom. The van der Waals surface area contributed by atoms with Crippen molar-refractivity contribution >= 4 is 17.2 Å². The Kier molecular flexibility index (Phi) is 3.41. The van der Waals surface area contributed by atoms with Crippen LogP contribution in [-0.2, 0) is 6.42 Å². The minimum absolute atomic E-state index is 0.00958. The standard InChI is InChI=1S/C12H13NO2S/c1-9-4-5-11(16-9)12(14)13-7-6-10-3-2-8-15-10/h2-5,8H,6-7H2,1H3,(H,13,14). The Balaban J connectivity index is 1.80. The van der Waals surface area contributed by atoms with E-state index in [1.165, 1.54) is 11.3 Å². The summed E-state index contributed by atoms with van der Waals surface area (Å²) in [7, 11) is 0. The zero-order valence-electron chi connectivity index (χ0n) is 9.03. The van der Waals surface area contributed by atoms with Crippen LogP contribution in [-0.4, -0.2) is 12.5 Å². The highest BCUT2D eigenvalue weighted by Crippen LogP contribution is 2.14. The Hall–Kier alpha value is -1.55. The van der Waals surface area contributed by atoms with Crippen LogP contribution in [0.1, 0.15) is 20.3 Å². The molecule has 0 aromatic carbocycles. The number of amides is 1. The number of furan rings is 1. The number of rotatable bonds is 4. The lowest BCUT2D eigenvalue weighted by Crippen LogP contribution is -2.24. The first-order valence-corrected chi connectivity index (χ1v) is 5.94. The summed E-state index contributed by atoms with van der Waals surface area (Å²) >= 11 is 1.51. The Bertz CT molecular complexity index is 459. The van der Waals surface area contributed by atoms with Crippen molar-refractivity contribution in [3.05, 3.63) is 46.0 Å². The molecule has 4 heteroatoms. The van der Waals surface area contributed by atoms with Crippen molar-refractivity contribution in [2.24, 2.45) is 0 Å². The predicted octanol–water partition coefficient (Wildman–Crippen LogP) is 2.62. The predicted molar refractivity (Wildman–Crippen MR) is 63.8 cm³/mol. The fourth-order valence-electron chi connectivity index (χ4n) is 1.40. The lowest BCUT2D eigenvalue weighted by Gasteiger charge is -2.01. The van der Waals surface area contributed by atoms with Crippen LogP contribution in [0.15, 0.2) is 34.9 Å². The fourth-order valence-corrected chi connectivity index (χ4v) is 2.18. The van der Waals surface area contributed by atoms with E-state index in [0.717, 1.165) is 21.9 Å². The first-order chi connectivity index (χ1) is 7.75. The Morgan fingerprint density at radius 3 is 2.94 bits per heavy atom. The van der Waals surface area contributed by atoms with Crippen LogP contribution in [0.2, 0.25) is 0 Å². The van der Waals surface area contributed by atoms with Crippen molar-refractivity contribution in [3.8, 4) is 0 Å². The minimum atomic E-state index is -0.00958. The number of aryl methyl sites for hydroxylation is 1. The molecule has 2 aromatic rings. The molecule has 2 rings (SSSR count). The van der Waals surface area contributed by atoms with Crippen LogP contribution < -0.4 is 5.32 Å². The average molecular weight is 235 g/mol. The largest absolute Gasteiger partial charge is 0.469 e. The zero-order valence-corrected chi connectivity index (χ0v) is 9.84. The molecule has 2 aromatic heterocycles. The van der Waals surface area contributed by atoms with Crippen molar-refractivity contribution in [1.82, 2.24) is 5.32 Å². The maximum absolute atomic E-state index is 11.7. The number of thiophene rings is 1. The normalized spacial score (nSPS) is 10.3. The first-order valence-electron chi connectivity index (χ1n) is 5.13. The number of hydrogen-bond donors (Lipinski definition) is 1. The van der Waals surface area contributed by atoms with Gasteiger partial charge in [0.15, 0.2) is 0 Å². The minimum Gasteiger partial charge on any atom is -0.469 e. The van der Waals surface area contributed by atoms with E-state index in [-0.39, 0.29) is 5.91 Å². The zero-order chi connectivity index (χ0) is 11.4. The number of carbonyl (C=O) groups is 1. The summed E-state index contributed by atoms with van der Waals surface area (Å²) in [5, 5.41) is 2.86. The van der Waals surface area contributed by atoms with E-state index in [1.54, 1.807) is 6.26 Å². The second kappa shape index (κ2) is 4.99. The number of nitrogens with one attached hydrogen (secondary N) is 1. The monoisotopic (exact) mass is 235 g/mol. The summed E-state index contributed by atoms with van der Waals surface area (Å²) in [6.45, 7) is 2.59. The molecule has 0 aliphatic carbocycles. The summed E-state index contributed by atoms with van der Waals surface area (Å²) in [4.78, 5) is 13.6. The van der Waals surface area contributed by atoms with E-state index in [1.807, 2.05) is 31.2 Å². The fraction of sp³-hybridized carbons (Fsp3) is 0.250. The van der Waals surface area contributed by atoms with Crippen LogP contribution >= 0.6 is 11.3 Å². The van der Waals surface area contributed by atoms with E-state index < -0.39 is 0 Å². The van der Waals surface area contributed by atoms with Gasteiger partial charge in [0.2, 0.25) is 0 Å². The summed E-state index contributed by atoms with van der Waals surface area (Å²) in [5.41, 5.74) is 0. The maximum Gasteiger partial charge on any atom is 0.261 e. The van der Waals surface area contributed by atoms with Gasteiger partial charge in [-0.3, -0.25) is 4.79 Å². The smallest absolute Gasteiger partial charge is 0.261 e. The van der Waals surface area contributed by atoms with Crippen molar-refractivity contribution < 1.29 is 9.21 Å². The van der Waals surface area contributed by atoms with E-state index in [0.29, 0.717) is 6.54 Å². The maximum atomic E-state index is 11.7. The highest BCUT2D eigenvalue weighted by atomic mass is 32.1. The molecule has 3 nitrogen and oxygen atoms in total. The van der Waals surface area contributed by atoms with Crippen LogP contribution in [0.25, 0.3) is 0 Å². The molecule has 0 spiro atoms. The van der Waals surface area contributed by atoms with Gasteiger partial charge in [0, 0.05) is 17.8 Å². The van der Waals surface area contributed by atoms with Gasteiger partial charge in [0.05, 0.1) is 11.1 Å². The molecule has 0 saturated heterocycles. The topological polar surface area (TPSA) is 42.2 Å². The van der Waals surface area contributed by atoms with Crippen molar-refractivity contribution in [2.75, 3.05) is 6.54 Å². The SMILES string of the molecule is Cc1ccc(C(=O)NCCc2ccco2)s1. The summed E-state index contributed by atoms with van der Waals surface area (Å²) < 4.78 is 5.18. The Morgan fingerprint density at radius 1 is 1.44 bits per heavy atom. The summed E-state index contributed by atoms with van der Waals surface area (Å²) in [6.07, 6.45) is 2.36. The lowest BCUT2D eigenvalue weighted by molar-refractivity contribution is 0.0958. The summed E-state index contributed by atoms with van der Waals surface area (Å²) in [6, 6.07) is 7.55. The third kappa shape index (κ3) is 2.73.